The summed E-state index contributed by atoms with van der Waals surface area (Å²) in [5, 5.41) is 13.0. The maximum Gasteiger partial charge on any atom is 0.307 e. The Morgan fingerprint density at radius 3 is 2.79 bits per heavy atom. The Balaban J connectivity index is 2.87. The topological polar surface area (TPSA) is 92.3 Å². The molecule has 1 aromatic rings. The third-order valence-corrected chi connectivity index (χ3v) is 1.61. The molecule has 0 bridgehead atoms. The second-order valence-electron chi connectivity index (χ2n) is 2.57. The van der Waals surface area contributed by atoms with E-state index in [1.807, 2.05) is 0 Å². The predicted molar refractivity (Wildman–Crippen MR) is 44.0 cm³/mol. The number of methoxy groups -OCH3 is 1. The smallest absolute Gasteiger partial charge is 0.307 e. The van der Waals surface area contributed by atoms with Crippen LogP contribution in [0.3, 0.4) is 0 Å². The molecule has 0 aliphatic carbocycles. The fourth-order valence-corrected chi connectivity index (χ4v) is 0.813. The monoisotopic (exact) mass is 202 g/mol. The maximum atomic E-state index is 10.0. The number of hydrogen-bond donors (Lipinski definition) is 0. The van der Waals surface area contributed by atoms with Crippen LogP contribution >= 0.6 is 0 Å². The molecule has 14 heavy (non-hydrogen) atoms. The third-order valence-electron chi connectivity index (χ3n) is 1.61. The van der Waals surface area contributed by atoms with Crippen LogP contribution in [0.15, 0.2) is 0 Å². The van der Waals surface area contributed by atoms with Gasteiger partial charge in [-0.2, -0.15) is 10.1 Å². The molecule has 0 amide bonds. The summed E-state index contributed by atoms with van der Waals surface area (Å²) in [5.74, 6) is 0.340. The van der Waals surface area contributed by atoms with E-state index in [1.54, 1.807) is 6.92 Å². The van der Waals surface area contributed by atoms with Crippen LogP contribution in [-0.4, -0.2) is 27.0 Å². The van der Waals surface area contributed by atoms with E-state index in [0.29, 0.717) is 5.82 Å². The first kappa shape index (κ1) is 10.4. The van der Waals surface area contributed by atoms with Crippen LogP contribution in [0.4, 0.5) is 0 Å². The molecule has 78 valence electrons. The number of nitrogens with zero attached hydrogens (tertiary/aromatic N) is 4. The molecule has 1 atom stereocenters. The molecule has 0 aliphatic rings. The van der Waals surface area contributed by atoms with E-state index in [9.17, 15) is 10.1 Å². The fraction of sp³-hybridized carbons (Fsp3) is 0.667. The van der Waals surface area contributed by atoms with Crippen molar-refractivity contribution in [1.29, 1.82) is 0 Å². The van der Waals surface area contributed by atoms with Crippen LogP contribution in [0, 0.1) is 10.1 Å². The Labute approximate surface area is 79.6 Å². The Bertz CT molecular complexity index is 337. The average molecular weight is 202 g/mol. The molecule has 1 aromatic heterocycles. The van der Waals surface area contributed by atoms with Crippen LogP contribution in [0.2, 0.25) is 0 Å². The lowest BCUT2D eigenvalue weighted by molar-refractivity contribution is -0.713. The van der Waals surface area contributed by atoms with E-state index in [2.05, 4.69) is 14.9 Å². The van der Waals surface area contributed by atoms with Gasteiger partial charge in [0.15, 0.2) is 5.82 Å². The maximum absolute atomic E-state index is 10.0. The molecule has 1 unspecified atom stereocenters. The van der Waals surface area contributed by atoms with E-state index in [-0.39, 0.29) is 12.1 Å². The van der Waals surface area contributed by atoms with Gasteiger partial charge in [-0.05, 0) is 6.92 Å². The van der Waals surface area contributed by atoms with Crippen molar-refractivity contribution in [2.24, 2.45) is 7.05 Å². The lowest BCUT2D eigenvalue weighted by atomic mass is 10.4. The van der Waals surface area contributed by atoms with Crippen LogP contribution in [0.1, 0.15) is 18.9 Å². The zero-order valence-electron chi connectivity index (χ0n) is 8.00. The van der Waals surface area contributed by atoms with Gasteiger partial charge >= 0.3 is 11.1 Å². The summed E-state index contributed by atoms with van der Waals surface area (Å²) < 4.78 is 6.12. The zero-order chi connectivity index (χ0) is 10.7. The summed E-state index contributed by atoms with van der Waals surface area (Å²) >= 11 is 0. The van der Waals surface area contributed by atoms with E-state index in [4.69, 9.17) is 4.74 Å². The standard InChI is InChI=1S/C6H10N4O4/c1-4(13-3)5-7-6(9(2)8-5)14-10(11)12/h4H,1-3H3. The van der Waals surface area contributed by atoms with Crippen molar-refractivity contribution in [1.82, 2.24) is 14.8 Å². The van der Waals surface area contributed by atoms with Gasteiger partial charge < -0.3 is 4.74 Å². The molecule has 8 heteroatoms. The Kier molecular flexibility index (Phi) is 2.97. The molecule has 0 radical (unpaired) electrons. The first-order valence-corrected chi connectivity index (χ1v) is 3.80. The van der Waals surface area contributed by atoms with Crippen molar-refractivity contribution in [2.75, 3.05) is 7.11 Å². The molecule has 0 aliphatic heterocycles. The highest BCUT2D eigenvalue weighted by molar-refractivity contribution is 4.98. The van der Waals surface area contributed by atoms with Gasteiger partial charge in [-0.15, -0.1) is 10.1 Å². The SMILES string of the molecule is COC(C)c1nc(O[N+](=O)[O-])n(C)n1. The molecule has 0 fully saturated rings. The molecular weight excluding hydrogens is 192 g/mol. The number of hydrogen-bond acceptors (Lipinski definition) is 6. The normalized spacial score (nSPS) is 12.5. The van der Waals surface area contributed by atoms with E-state index in [1.165, 1.54) is 18.8 Å². The molecule has 0 N–H and O–H groups in total. The van der Waals surface area contributed by atoms with Gasteiger partial charge in [0.1, 0.15) is 6.10 Å². The summed E-state index contributed by atoms with van der Waals surface area (Å²) in [5.41, 5.74) is 0. The van der Waals surface area contributed by atoms with Crippen molar-refractivity contribution in [3.8, 4) is 6.01 Å². The highest BCUT2D eigenvalue weighted by atomic mass is 17.0. The fourth-order valence-electron chi connectivity index (χ4n) is 0.813. The van der Waals surface area contributed by atoms with Crippen molar-refractivity contribution >= 4 is 0 Å². The molecule has 0 saturated heterocycles. The molecule has 0 spiro atoms. The molecule has 0 aromatic carbocycles. The van der Waals surface area contributed by atoms with Crippen molar-refractivity contribution in [3.63, 3.8) is 0 Å². The van der Waals surface area contributed by atoms with Gasteiger partial charge in [-0.1, -0.05) is 0 Å². The quantitative estimate of drug-likeness (QED) is 0.507. The molecule has 0 saturated carbocycles. The Hall–Kier alpha value is -1.70. The van der Waals surface area contributed by atoms with Crippen LogP contribution in [-0.2, 0) is 11.8 Å². The minimum absolute atomic E-state index is 0.172. The van der Waals surface area contributed by atoms with Gasteiger partial charge in [-0.25, -0.2) is 9.52 Å². The van der Waals surface area contributed by atoms with Gasteiger partial charge in [0.05, 0.1) is 0 Å². The predicted octanol–water partition coefficient (Wildman–Crippen LogP) is 0.0930. The summed E-state index contributed by atoms with van der Waals surface area (Å²) in [6.07, 6.45) is -0.328. The Morgan fingerprint density at radius 1 is 1.64 bits per heavy atom. The number of ether oxygens (including phenoxy) is 1. The lowest BCUT2D eigenvalue weighted by Gasteiger charge is -2.01. The van der Waals surface area contributed by atoms with E-state index in [0.717, 1.165) is 0 Å². The van der Waals surface area contributed by atoms with Crippen LogP contribution in [0.25, 0.3) is 0 Å². The van der Waals surface area contributed by atoms with E-state index < -0.39 is 5.09 Å². The van der Waals surface area contributed by atoms with Crippen molar-refractivity contribution in [2.45, 2.75) is 13.0 Å². The second-order valence-corrected chi connectivity index (χ2v) is 2.57. The molecule has 1 rings (SSSR count). The highest BCUT2D eigenvalue weighted by Crippen LogP contribution is 2.14. The van der Waals surface area contributed by atoms with Gasteiger partial charge in [0, 0.05) is 14.2 Å². The van der Waals surface area contributed by atoms with Crippen molar-refractivity contribution in [3.05, 3.63) is 15.9 Å². The second kappa shape index (κ2) is 4.01. The third kappa shape index (κ3) is 2.16. The largest absolute Gasteiger partial charge is 0.374 e. The Morgan fingerprint density at radius 2 is 2.29 bits per heavy atom. The number of rotatable bonds is 4. The first-order valence-electron chi connectivity index (χ1n) is 3.80. The van der Waals surface area contributed by atoms with E-state index >= 15 is 0 Å². The molecule has 8 nitrogen and oxygen atoms in total. The van der Waals surface area contributed by atoms with Crippen molar-refractivity contribution < 1.29 is 14.7 Å². The minimum Gasteiger partial charge on any atom is -0.374 e. The molecular formula is C6H10N4O4. The summed E-state index contributed by atoms with van der Waals surface area (Å²) in [6.45, 7) is 1.73. The first-order chi connectivity index (χ1) is 6.54. The van der Waals surface area contributed by atoms with Crippen LogP contribution in [0.5, 0.6) is 6.01 Å². The van der Waals surface area contributed by atoms with Gasteiger partial charge in [0.2, 0.25) is 0 Å². The minimum atomic E-state index is -0.939. The summed E-state index contributed by atoms with van der Waals surface area (Å²) in [4.78, 5) is 18.0. The molecule has 1 heterocycles. The number of aromatic nitrogens is 3. The zero-order valence-corrected chi connectivity index (χ0v) is 8.00. The average Bonchev–Trinajstić information content (AvgIpc) is 2.46. The van der Waals surface area contributed by atoms with Crippen LogP contribution < -0.4 is 4.84 Å². The number of aryl methyl sites for hydroxylation is 1. The lowest BCUT2D eigenvalue weighted by Crippen LogP contribution is -2.08. The highest BCUT2D eigenvalue weighted by Gasteiger charge is 2.15. The summed E-state index contributed by atoms with van der Waals surface area (Å²) in [7, 11) is 2.99. The summed E-state index contributed by atoms with van der Waals surface area (Å²) in [6, 6.07) is -0.172. The van der Waals surface area contributed by atoms with Gasteiger partial charge in [0.25, 0.3) is 0 Å². The van der Waals surface area contributed by atoms with Gasteiger partial charge in [-0.3, -0.25) is 0 Å².